The molecule has 8 heteroatoms. The van der Waals surface area contributed by atoms with Gasteiger partial charge < -0.3 is 10.2 Å². The maximum Gasteiger partial charge on any atom is 0.145 e. The number of benzene rings is 2. The quantitative estimate of drug-likeness (QED) is 0.346. The van der Waals surface area contributed by atoms with Gasteiger partial charge in [-0.15, -0.1) is 0 Å². The summed E-state index contributed by atoms with van der Waals surface area (Å²) in [6.45, 7) is 5.71. The highest BCUT2D eigenvalue weighted by atomic mass is 35.5. The second-order valence-corrected chi connectivity index (χ2v) is 9.28. The van der Waals surface area contributed by atoms with Crippen LogP contribution in [0.25, 0.3) is 22.5 Å². The highest BCUT2D eigenvalue weighted by molar-refractivity contribution is 6.31. The highest BCUT2D eigenvalue weighted by Gasteiger charge is 2.18. The van der Waals surface area contributed by atoms with Gasteiger partial charge in [-0.2, -0.15) is 0 Å². The van der Waals surface area contributed by atoms with Gasteiger partial charge in [0, 0.05) is 66.6 Å². The number of rotatable bonds is 7. The average molecular weight is 505 g/mol. The lowest BCUT2D eigenvalue weighted by molar-refractivity contribution is 0.266. The van der Waals surface area contributed by atoms with Gasteiger partial charge in [0.2, 0.25) is 0 Å². The Bertz CT molecular complexity index is 1240. The second-order valence-electron chi connectivity index (χ2n) is 8.41. The fraction of sp³-hybridized carbons (Fsp3) is 0.222. The third kappa shape index (κ3) is 5.90. The van der Waals surface area contributed by atoms with Crippen molar-refractivity contribution < 1.29 is 0 Å². The molecule has 1 aliphatic rings. The third-order valence-electron chi connectivity index (χ3n) is 6.09. The smallest absolute Gasteiger partial charge is 0.145 e. The first-order valence-corrected chi connectivity index (χ1v) is 12.4. The van der Waals surface area contributed by atoms with E-state index < -0.39 is 0 Å². The molecule has 1 aliphatic heterocycles. The molecule has 0 spiro atoms. The molecule has 0 amide bonds. The van der Waals surface area contributed by atoms with Gasteiger partial charge in [0.1, 0.15) is 11.6 Å². The van der Waals surface area contributed by atoms with Gasteiger partial charge in [-0.1, -0.05) is 53.5 Å². The predicted octanol–water partition coefficient (Wildman–Crippen LogP) is 5.75. The van der Waals surface area contributed by atoms with Crippen LogP contribution in [0.4, 0.5) is 11.6 Å². The zero-order valence-corrected chi connectivity index (χ0v) is 20.8. The van der Waals surface area contributed by atoms with Gasteiger partial charge in [-0.05, 0) is 36.4 Å². The maximum absolute atomic E-state index is 6.12. The van der Waals surface area contributed by atoms with Crippen molar-refractivity contribution >= 4 is 34.8 Å². The summed E-state index contributed by atoms with van der Waals surface area (Å²) < 4.78 is 0. The minimum absolute atomic E-state index is 0.687. The van der Waals surface area contributed by atoms with Crippen LogP contribution in [0.2, 0.25) is 10.0 Å². The molecule has 1 saturated heterocycles. The van der Waals surface area contributed by atoms with E-state index in [1.54, 1.807) is 6.20 Å². The molecule has 1 N–H and O–H groups in total. The van der Waals surface area contributed by atoms with Crippen molar-refractivity contribution in [3.05, 3.63) is 89.2 Å². The summed E-state index contributed by atoms with van der Waals surface area (Å²) in [6, 6.07) is 21.4. The van der Waals surface area contributed by atoms with Gasteiger partial charge in [0.25, 0.3) is 0 Å². The van der Waals surface area contributed by atoms with Gasteiger partial charge in [0.15, 0.2) is 0 Å². The lowest BCUT2D eigenvalue weighted by Gasteiger charge is -2.35. The summed E-state index contributed by atoms with van der Waals surface area (Å²) >= 11 is 12.2. The normalized spacial score (nSPS) is 14.2. The van der Waals surface area contributed by atoms with E-state index in [9.17, 15) is 0 Å². The number of hydrogen-bond donors (Lipinski definition) is 1. The number of nitrogens with zero attached hydrogens (tertiary/aromatic N) is 5. The van der Waals surface area contributed by atoms with E-state index in [2.05, 4.69) is 26.2 Å². The van der Waals surface area contributed by atoms with Crippen LogP contribution in [0.5, 0.6) is 0 Å². The van der Waals surface area contributed by atoms with Crippen molar-refractivity contribution in [2.75, 3.05) is 49.5 Å². The SMILES string of the molecule is Clc1ccc(-c2ncc(NCCN3CCN(c4ccccn4)CC3)nc2-c2ccc(Cl)cc2)cc1. The van der Waals surface area contributed by atoms with Crippen molar-refractivity contribution in [3.8, 4) is 22.5 Å². The molecule has 1 fully saturated rings. The molecule has 0 atom stereocenters. The summed E-state index contributed by atoms with van der Waals surface area (Å²) in [5.74, 6) is 1.80. The fourth-order valence-electron chi connectivity index (χ4n) is 4.19. The van der Waals surface area contributed by atoms with Crippen LogP contribution in [0, 0.1) is 0 Å². The van der Waals surface area contributed by atoms with Crippen LogP contribution < -0.4 is 10.2 Å². The summed E-state index contributed by atoms with van der Waals surface area (Å²) in [4.78, 5) is 18.9. The zero-order valence-electron chi connectivity index (χ0n) is 19.2. The number of halogens is 2. The Kier molecular flexibility index (Phi) is 7.42. The Hall–Kier alpha value is -3.19. The largest absolute Gasteiger partial charge is 0.367 e. The van der Waals surface area contributed by atoms with Crippen LogP contribution >= 0.6 is 23.2 Å². The summed E-state index contributed by atoms with van der Waals surface area (Å²) in [5, 5.41) is 4.83. The first-order valence-electron chi connectivity index (χ1n) is 11.7. The highest BCUT2D eigenvalue weighted by Crippen LogP contribution is 2.31. The van der Waals surface area contributed by atoms with Crippen LogP contribution in [-0.4, -0.2) is 59.1 Å². The van der Waals surface area contributed by atoms with Gasteiger partial charge in [-0.3, -0.25) is 9.88 Å². The van der Waals surface area contributed by atoms with Crippen LogP contribution in [0.15, 0.2) is 79.1 Å². The molecule has 2 aromatic carbocycles. The van der Waals surface area contributed by atoms with E-state index in [-0.39, 0.29) is 0 Å². The third-order valence-corrected chi connectivity index (χ3v) is 6.59. The first kappa shape index (κ1) is 23.5. The number of anilines is 2. The van der Waals surface area contributed by atoms with E-state index in [1.807, 2.05) is 66.9 Å². The van der Waals surface area contributed by atoms with Crippen molar-refractivity contribution in [2.45, 2.75) is 0 Å². The summed E-state index contributed by atoms with van der Waals surface area (Å²) in [6.07, 6.45) is 3.64. The van der Waals surface area contributed by atoms with Crippen molar-refractivity contribution in [2.24, 2.45) is 0 Å². The molecule has 5 rings (SSSR count). The number of pyridine rings is 1. The topological polar surface area (TPSA) is 57.2 Å². The first-order chi connectivity index (χ1) is 17.2. The van der Waals surface area contributed by atoms with Crippen LogP contribution in [0.3, 0.4) is 0 Å². The maximum atomic E-state index is 6.12. The molecule has 35 heavy (non-hydrogen) atoms. The summed E-state index contributed by atoms with van der Waals surface area (Å²) in [7, 11) is 0. The monoisotopic (exact) mass is 504 g/mol. The number of hydrogen-bond acceptors (Lipinski definition) is 6. The molecule has 3 heterocycles. The molecule has 0 aliphatic carbocycles. The molecule has 0 saturated carbocycles. The van der Waals surface area contributed by atoms with Crippen molar-refractivity contribution in [1.82, 2.24) is 19.9 Å². The van der Waals surface area contributed by atoms with Gasteiger partial charge in [0.05, 0.1) is 17.6 Å². The Morgan fingerprint density at radius 3 is 2.03 bits per heavy atom. The Morgan fingerprint density at radius 1 is 0.743 bits per heavy atom. The van der Waals surface area contributed by atoms with Crippen molar-refractivity contribution in [1.29, 1.82) is 0 Å². The van der Waals surface area contributed by atoms with Crippen LogP contribution in [-0.2, 0) is 0 Å². The lowest BCUT2D eigenvalue weighted by atomic mass is 10.0. The Balaban J connectivity index is 1.25. The second kappa shape index (κ2) is 11.0. The molecular weight excluding hydrogens is 479 g/mol. The minimum Gasteiger partial charge on any atom is -0.367 e. The van der Waals surface area contributed by atoms with E-state index in [0.717, 1.165) is 73.4 Å². The molecule has 2 aromatic heterocycles. The van der Waals surface area contributed by atoms with Crippen LogP contribution in [0.1, 0.15) is 0 Å². The predicted molar refractivity (Wildman–Crippen MR) is 144 cm³/mol. The Morgan fingerprint density at radius 2 is 1.40 bits per heavy atom. The number of aromatic nitrogens is 3. The molecule has 0 unspecified atom stereocenters. The van der Waals surface area contributed by atoms with Crippen molar-refractivity contribution in [3.63, 3.8) is 0 Å². The van der Waals surface area contributed by atoms with E-state index >= 15 is 0 Å². The minimum atomic E-state index is 0.687. The van der Waals surface area contributed by atoms with E-state index in [4.69, 9.17) is 33.2 Å². The standard InChI is InChI=1S/C27H26Cl2N6/c28-22-8-4-20(5-9-22)26-27(21-6-10-23(29)11-7-21)33-24(19-32-26)30-13-14-34-15-17-35(18-16-34)25-3-1-2-12-31-25/h1-12,19H,13-18H2,(H,30,33). The number of nitrogens with one attached hydrogen (secondary N) is 1. The van der Waals surface area contributed by atoms with Gasteiger partial charge in [-0.25, -0.2) is 9.97 Å². The summed E-state index contributed by atoms with van der Waals surface area (Å²) in [5.41, 5.74) is 3.53. The lowest BCUT2D eigenvalue weighted by Crippen LogP contribution is -2.47. The van der Waals surface area contributed by atoms with Gasteiger partial charge >= 0.3 is 0 Å². The molecule has 6 nitrogen and oxygen atoms in total. The Labute approximate surface area is 215 Å². The molecular formula is C27H26Cl2N6. The average Bonchev–Trinajstić information content (AvgIpc) is 2.91. The fourth-order valence-corrected chi connectivity index (χ4v) is 4.44. The number of piperazine rings is 1. The van der Waals surface area contributed by atoms with E-state index in [0.29, 0.717) is 10.0 Å². The molecule has 178 valence electrons. The zero-order chi connectivity index (χ0) is 24.0. The molecule has 0 radical (unpaired) electrons. The molecule has 4 aromatic rings. The molecule has 0 bridgehead atoms. The van der Waals surface area contributed by atoms with E-state index in [1.165, 1.54) is 0 Å².